The third kappa shape index (κ3) is 4.35. The van der Waals surface area contributed by atoms with Gasteiger partial charge in [0.1, 0.15) is 0 Å². The highest BCUT2D eigenvalue weighted by molar-refractivity contribution is 7.99. The van der Waals surface area contributed by atoms with E-state index in [0.717, 1.165) is 36.0 Å². The summed E-state index contributed by atoms with van der Waals surface area (Å²) in [6.45, 7) is 9.95. The van der Waals surface area contributed by atoms with E-state index >= 15 is 0 Å². The summed E-state index contributed by atoms with van der Waals surface area (Å²) in [5.41, 5.74) is 4.59. The molecule has 1 aromatic carbocycles. The Balaban J connectivity index is 1.63. The molecule has 3 aromatic rings. The zero-order valence-electron chi connectivity index (χ0n) is 18.8. The number of aromatic nitrogens is 4. The lowest BCUT2D eigenvalue weighted by Gasteiger charge is -2.28. The van der Waals surface area contributed by atoms with E-state index in [-0.39, 0.29) is 17.3 Å². The maximum absolute atomic E-state index is 13.0. The number of ketones is 2. The molecule has 0 aliphatic carbocycles. The van der Waals surface area contributed by atoms with Crippen molar-refractivity contribution in [2.75, 3.05) is 37.0 Å². The smallest absolute Gasteiger partial charge is 0.232 e. The lowest BCUT2D eigenvalue weighted by atomic mass is 10.1. The van der Waals surface area contributed by atoms with Crippen LogP contribution in [0.1, 0.15) is 44.6 Å². The molecule has 0 unspecified atom stereocenters. The molecule has 0 atom stereocenters. The first-order chi connectivity index (χ1) is 15.4. The van der Waals surface area contributed by atoms with Crippen LogP contribution in [0.4, 0.5) is 5.95 Å². The van der Waals surface area contributed by atoms with E-state index < -0.39 is 0 Å². The summed E-state index contributed by atoms with van der Waals surface area (Å²) in [6.07, 6.45) is 0. The van der Waals surface area contributed by atoms with Gasteiger partial charge in [-0.15, -0.1) is 10.2 Å². The Morgan fingerprint density at radius 2 is 1.91 bits per heavy atom. The first-order valence-corrected chi connectivity index (χ1v) is 11.6. The van der Waals surface area contributed by atoms with Gasteiger partial charge in [-0.3, -0.25) is 14.2 Å². The predicted molar refractivity (Wildman–Crippen MR) is 124 cm³/mol. The second-order valence-electron chi connectivity index (χ2n) is 7.95. The number of thioether (sulfide) groups is 1. The van der Waals surface area contributed by atoms with Crippen molar-refractivity contribution in [2.24, 2.45) is 0 Å². The number of Topliss-reactive ketones (excluding diaryl/α,β-unsaturated/α-hetero) is 2. The Morgan fingerprint density at radius 1 is 1.16 bits per heavy atom. The minimum atomic E-state index is -0.0742. The molecule has 4 rings (SSSR count). The van der Waals surface area contributed by atoms with Gasteiger partial charge in [-0.2, -0.15) is 0 Å². The van der Waals surface area contributed by atoms with Crippen molar-refractivity contribution in [1.29, 1.82) is 0 Å². The number of carbonyl (C=O) groups is 2. The highest BCUT2D eigenvalue weighted by Gasteiger charge is 2.24. The number of aryl methyl sites for hydroxylation is 2. The highest BCUT2D eigenvalue weighted by atomic mass is 32.2. The standard InChI is InChI=1S/C23H27N5O3S/c1-14-6-5-7-18(12-14)28-22(27-8-10-31-11-9-27)25-26-23(28)32-13-19(30)21-15(2)20(17(4)29)16(3)24-21/h5-7,12,24H,8-11,13H2,1-4H3. The number of H-pyrrole nitrogens is 1. The summed E-state index contributed by atoms with van der Waals surface area (Å²) in [5.74, 6) is 0.817. The number of anilines is 1. The molecule has 0 amide bonds. The Kier molecular flexibility index (Phi) is 6.48. The molecule has 9 heteroatoms. The summed E-state index contributed by atoms with van der Waals surface area (Å²) in [7, 11) is 0. The molecular formula is C23H27N5O3S. The lowest BCUT2D eigenvalue weighted by Crippen LogP contribution is -2.37. The van der Waals surface area contributed by atoms with E-state index in [0.29, 0.717) is 35.2 Å². The molecule has 3 heterocycles. The predicted octanol–water partition coefficient (Wildman–Crippen LogP) is 3.53. The van der Waals surface area contributed by atoms with E-state index in [1.165, 1.54) is 18.7 Å². The Hall–Kier alpha value is -2.91. The van der Waals surface area contributed by atoms with Crippen molar-refractivity contribution in [2.45, 2.75) is 32.9 Å². The Morgan fingerprint density at radius 3 is 2.56 bits per heavy atom. The van der Waals surface area contributed by atoms with Crippen LogP contribution < -0.4 is 4.90 Å². The number of hydrogen-bond acceptors (Lipinski definition) is 7. The van der Waals surface area contributed by atoms with Crippen LogP contribution in [0.3, 0.4) is 0 Å². The Labute approximate surface area is 191 Å². The first-order valence-electron chi connectivity index (χ1n) is 10.6. The van der Waals surface area contributed by atoms with Crippen LogP contribution in [0.15, 0.2) is 29.4 Å². The van der Waals surface area contributed by atoms with Crippen molar-refractivity contribution in [3.05, 3.63) is 52.3 Å². The number of morpholine rings is 1. The van der Waals surface area contributed by atoms with Gasteiger partial charge < -0.3 is 14.6 Å². The average molecular weight is 454 g/mol. The minimum Gasteiger partial charge on any atom is -0.378 e. The maximum Gasteiger partial charge on any atom is 0.232 e. The van der Waals surface area contributed by atoms with Gasteiger partial charge in [-0.05, 0) is 51.0 Å². The number of benzene rings is 1. The zero-order valence-corrected chi connectivity index (χ0v) is 19.6. The van der Waals surface area contributed by atoms with Crippen molar-refractivity contribution in [3.8, 4) is 5.69 Å². The quantitative estimate of drug-likeness (QED) is 0.432. The van der Waals surface area contributed by atoms with E-state index in [9.17, 15) is 9.59 Å². The molecular weight excluding hydrogens is 426 g/mol. The molecule has 1 fully saturated rings. The zero-order chi connectivity index (χ0) is 22.8. The third-order valence-electron chi connectivity index (χ3n) is 5.57. The van der Waals surface area contributed by atoms with Gasteiger partial charge in [-0.25, -0.2) is 0 Å². The SMILES string of the molecule is CC(=O)c1c(C)[nH]c(C(=O)CSc2nnc(N3CCOCC3)n2-c2cccc(C)c2)c1C. The van der Waals surface area contributed by atoms with Gasteiger partial charge >= 0.3 is 0 Å². The molecule has 1 aliphatic heterocycles. The number of aromatic amines is 1. The van der Waals surface area contributed by atoms with Gasteiger partial charge in [0.2, 0.25) is 5.95 Å². The van der Waals surface area contributed by atoms with Gasteiger partial charge in [-0.1, -0.05) is 23.9 Å². The second kappa shape index (κ2) is 9.30. The summed E-state index contributed by atoms with van der Waals surface area (Å²) in [5, 5.41) is 9.52. The second-order valence-corrected chi connectivity index (χ2v) is 8.89. The molecule has 0 spiro atoms. The molecule has 1 N–H and O–H groups in total. The number of rotatable bonds is 7. The van der Waals surface area contributed by atoms with Crippen LogP contribution >= 0.6 is 11.8 Å². The van der Waals surface area contributed by atoms with Crippen LogP contribution in [0, 0.1) is 20.8 Å². The average Bonchev–Trinajstić information content (AvgIpc) is 3.33. The molecule has 168 valence electrons. The van der Waals surface area contributed by atoms with E-state index in [1.807, 2.05) is 43.5 Å². The molecule has 2 aromatic heterocycles. The van der Waals surface area contributed by atoms with Crippen LogP contribution in [0.25, 0.3) is 5.69 Å². The van der Waals surface area contributed by atoms with Gasteiger partial charge in [0.05, 0.1) is 30.3 Å². The summed E-state index contributed by atoms with van der Waals surface area (Å²) in [6, 6.07) is 8.14. The lowest BCUT2D eigenvalue weighted by molar-refractivity contribution is 0.101. The van der Waals surface area contributed by atoms with Crippen molar-refractivity contribution in [3.63, 3.8) is 0 Å². The Bertz CT molecular complexity index is 1160. The number of carbonyl (C=O) groups excluding carboxylic acids is 2. The maximum atomic E-state index is 13.0. The van der Waals surface area contributed by atoms with Crippen LogP contribution in [0.2, 0.25) is 0 Å². The van der Waals surface area contributed by atoms with E-state index in [1.54, 1.807) is 0 Å². The van der Waals surface area contributed by atoms with Gasteiger partial charge in [0.25, 0.3) is 0 Å². The normalized spacial score (nSPS) is 14.1. The number of ether oxygens (including phenoxy) is 1. The fraction of sp³-hybridized carbons (Fsp3) is 0.391. The van der Waals surface area contributed by atoms with E-state index in [4.69, 9.17) is 4.74 Å². The van der Waals surface area contributed by atoms with Crippen LogP contribution in [0.5, 0.6) is 0 Å². The number of nitrogens with one attached hydrogen (secondary N) is 1. The van der Waals surface area contributed by atoms with Crippen molar-refractivity contribution >= 4 is 29.3 Å². The summed E-state index contributed by atoms with van der Waals surface area (Å²) >= 11 is 1.34. The molecule has 1 saturated heterocycles. The largest absolute Gasteiger partial charge is 0.378 e. The molecule has 32 heavy (non-hydrogen) atoms. The number of nitrogens with zero attached hydrogens (tertiary/aromatic N) is 4. The monoisotopic (exact) mass is 453 g/mol. The molecule has 8 nitrogen and oxygen atoms in total. The topological polar surface area (TPSA) is 93.1 Å². The van der Waals surface area contributed by atoms with Crippen LogP contribution in [-0.4, -0.2) is 63.4 Å². The van der Waals surface area contributed by atoms with Gasteiger partial charge in [0.15, 0.2) is 16.7 Å². The highest BCUT2D eigenvalue weighted by Crippen LogP contribution is 2.29. The number of hydrogen-bond donors (Lipinski definition) is 1. The molecule has 1 aliphatic rings. The molecule has 0 saturated carbocycles. The fourth-order valence-electron chi connectivity index (χ4n) is 4.08. The summed E-state index contributed by atoms with van der Waals surface area (Å²) < 4.78 is 7.49. The molecule has 0 radical (unpaired) electrons. The van der Waals surface area contributed by atoms with Crippen LogP contribution in [-0.2, 0) is 4.74 Å². The van der Waals surface area contributed by atoms with Crippen molar-refractivity contribution < 1.29 is 14.3 Å². The minimum absolute atomic E-state index is 0.0442. The molecule has 0 bridgehead atoms. The van der Waals surface area contributed by atoms with E-state index in [2.05, 4.69) is 26.1 Å². The fourth-order valence-corrected chi connectivity index (χ4v) is 4.90. The van der Waals surface area contributed by atoms with Gasteiger partial charge in [0, 0.05) is 24.3 Å². The first kappa shape index (κ1) is 22.3. The summed E-state index contributed by atoms with van der Waals surface area (Å²) in [4.78, 5) is 30.1. The van der Waals surface area contributed by atoms with Crippen molar-refractivity contribution in [1.82, 2.24) is 19.7 Å². The third-order valence-corrected chi connectivity index (χ3v) is 6.50.